The van der Waals surface area contributed by atoms with Gasteiger partial charge in [0, 0.05) is 23.3 Å². The smallest absolute Gasteiger partial charge is 0.248 e. The van der Waals surface area contributed by atoms with Gasteiger partial charge in [-0.1, -0.05) is 24.3 Å². The molecule has 0 atom stereocenters. The molecule has 8 heteroatoms. The van der Waals surface area contributed by atoms with Crippen molar-refractivity contribution in [2.75, 3.05) is 24.3 Å². The van der Waals surface area contributed by atoms with Gasteiger partial charge in [0.25, 0.3) is 0 Å². The van der Waals surface area contributed by atoms with E-state index in [1.165, 1.54) is 4.68 Å². The second-order valence-corrected chi connectivity index (χ2v) is 6.04. The maximum atomic E-state index is 6.09. The summed E-state index contributed by atoms with van der Waals surface area (Å²) < 4.78 is 12.7. The second-order valence-electron chi connectivity index (χ2n) is 6.04. The molecule has 2 aromatic heterocycles. The molecule has 0 unspecified atom stereocenters. The molecule has 4 aromatic rings. The highest BCUT2D eigenvalue weighted by atomic mass is 16.6. The molecule has 0 fully saturated rings. The molecule has 1 aliphatic heterocycles. The number of hydrogen-bond donors (Lipinski definition) is 2. The monoisotopic (exact) mass is 360 g/mol. The molecule has 1 aliphatic rings. The maximum Gasteiger partial charge on any atom is 0.248 e. The Labute approximate surface area is 154 Å². The first-order valence-corrected chi connectivity index (χ1v) is 8.51. The summed E-state index contributed by atoms with van der Waals surface area (Å²) >= 11 is 0. The number of benzene rings is 2. The molecule has 0 radical (unpaired) electrons. The van der Waals surface area contributed by atoms with Crippen LogP contribution in [0.5, 0.6) is 11.5 Å². The van der Waals surface area contributed by atoms with Crippen molar-refractivity contribution < 1.29 is 9.47 Å². The summed E-state index contributed by atoms with van der Waals surface area (Å²) in [5, 5.41) is 9.62. The number of nitrogens with one attached hydrogen (secondary N) is 1. The molecule has 8 nitrogen and oxygen atoms in total. The van der Waals surface area contributed by atoms with E-state index < -0.39 is 0 Å². The van der Waals surface area contributed by atoms with Crippen molar-refractivity contribution in [3.05, 3.63) is 54.7 Å². The summed E-state index contributed by atoms with van der Waals surface area (Å²) in [7, 11) is 0. The summed E-state index contributed by atoms with van der Waals surface area (Å²) in [6.07, 6.45) is 1.73. The molecule has 3 N–H and O–H groups in total. The van der Waals surface area contributed by atoms with Crippen LogP contribution >= 0.6 is 0 Å². The zero-order chi connectivity index (χ0) is 18.2. The molecule has 27 heavy (non-hydrogen) atoms. The summed E-state index contributed by atoms with van der Waals surface area (Å²) in [6, 6.07) is 15.4. The molecule has 0 aliphatic carbocycles. The summed E-state index contributed by atoms with van der Waals surface area (Å²) in [5.41, 5.74) is 6.87. The molecule has 5 rings (SSSR count). The predicted molar refractivity (Wildman–Crippen MR) is 102 cm³/mol. The largest absolute Gasteiger partial charge is 0.486 e. The van der Waals surface area contributed by atoms with Crippen LogP contribution in [0.2, 0.25) is 0 Å². The van der Waals surface area contributed by atoms with Crippen LogP contribution in [-0.2, 0) is 0 Å². The van der Waals surface area contributed by atoms with Gasteiger partial charge in [-0.05, 0) is 23.6 Å². The number of nitrogens with two attached hydrogens (primary N) is 1. The number of aromatic nitrogens is 4. The average molecular weight is 360 g/mol. The summed E-state index contributed by atoms with van der Waals surface area (Å²) in [5.74, 6) is 2.67. The number of fused-ring (bicyclic) bond motifs is 2. The Morgan fingerprint density at radius 2 is 1.85 bits per heavy atom. The molecule has 134 valence electrons. The van der Waals surface area contributed by atoms with E-state index in [-0.39, 0.29) is 5.95 Å². The first-order chi connectivity index (χ1) is 13.3. The lowest BCUT2D eigenvalue weighted by molar-refractivity contribution is 0.171. The van der Waals surface area contributed by atoms with Crippen LogP contribution in [0, 0.1) is 0 Å². The lowest BCUT2D eigenvalue weighted by Crippen LogP contribution is -2.15. The molecule has 0 spiro atoms. The number of nitrogen functional groups attached to an aromatic ring is 1. The highest BCUT2D eigenvalue weighted by molar-refractivity contribution is 5.88. The SMILES string of the molecule is Nc1nc(Nc2ccc3c(c2)OCCO3)nn1-c1nccc2ccccc12. The van der Waals surface area contributed by atoms with Crippen molar-refractivity contribution in [3.63, 3.8) is 0 Å². The van der Waals surface area contributed by atoms with Gasteiger partial charge in [-0.25, -0.2) is 4.98 Å². The Morgan fingerprint density at radius 3 is 2.78 bits per heavy atom. The Hall–Kier alpha value is -3.81. The van der Waals surface area contributed by atoms with E-state index in [0.29, 0.717) is 30.7 Å². The molecule has 0 saturated carbocycles. The Balaban J connectivity index is 1.50. The van der Waals surface area contributed by atoms with Crippen LogP contribution in [-0.4, -0.2) is 33.0 Å². The Bertz CT molecular complexity index is 1130. The van der Waals surface area contributed by atoms with Crippen molar-refractivity contribution in [1.29, 1.82) is 0 Å². The number of nitrogens with zero attached hydrogens (tertiary/aromatic N) is 4. The quantitative estimate of drug-likeness (QED) is 0.579. The fraction of sp³-hybridized carbons (Fsp3) is 0.105. The number of ether oxygens (including phenoxy) is 2. The van der Waals surface area contributed by atoms with Gasteiger partial charge in [0.05, 0.1) is 0 Å². The van der Waals surface area contributed by atoms with Crippen molar-refractivity contribution in [2.45, 2.75) is 0 Å². The molecule has 0 bridgehead atoms. The van der Waals surface area contributed by atoms with Crippen LogP contribution in [0.4, 0.5) is 17.6 Å². The third-order valence-electron chi connectivity index (χ3n) is 4.28. The van der Waals surface area contributed by atoms with Crippen molar-refractivity contribution in [2.24, 2.45) is 0 Å². The van der Waals surface area contributed by atoms with Crippen molar-refractivity contribution >= 4 is 28.4 Å². The molecule has 2 aromatic carbocycles. The van der Waals surface area contributed by atoms with Crippen LogP contribution in [0.3, 0.4) is 0 Å². The van der Waals surface area contributed by atoms with Gasteiger partial charge in [-0.15, -0.1) is 5.10 Å². The van der Waals surface area contributed by atoms with E-state index in [4.69, 9.17) is 15.2 Å². The zero-order valence-corrected chi connectivity index (χ0v) is 14.3. The van der Waals surface area contributed by atoms with Crippen molar-refractivity contribution in [1.82, 2.24) is 19.7 Å². The standard InChI is InChI=1S/C19H16N6O2/c20-18-23-19(22-13-5-6-15-16(11-13)27-10-9-26-15)24-25(18)17-14-4-2-1-3-12(14)7-8-21-17/h1-8,11H,9-10H2,(H3,20,22,23,24). The number of anilines is 3. The van der Waals surface area contributed by atoms with Gasteiger partial charge in [-0.2, -0.15) is 9.67 Å². The third kappa shape index (κ3) is 2.77. The Morgan fingerprint density at radius 1 is 1.00 bits per heavy atom. The minimum absolute atomic E-state index is 0.249. The lowest BCUT2D eigenvalue weighted by atomic mass is 10.1. The first kappa shape index (κ1) is 15.4. The van der Waals surface area contributed by atoms with E-state index in [2.05, 4.69) is 20.4 Å². The van der Waals surface area contributed by atoms with Crippen LogP contribution in [0.1, 0.15) is 0 Å². The topological polar surface area (TPSA) is 100 Å². The molecular formula is C19H16N6O2. The van der Waals surface area contributed by atoms with Crippen LogP contribution < -0.4 is 20.5 Å². The number of hydrogen-bond acceptors (Lipinski definition) is 7. The summed E-state index contributed by atoms with van der Waals surface area (Å²) in [4.78, 5) is 8.74. The average Bonchev–Trinajstić information content (AvgIpc) is 3.07. The van der Waals surface area contributed by atoms with Crippen LogP contribution in [0.15, 0.2) is 54.7 Å². The zero-order valence-electron chi connectivity index (χ0n) is 14.3. The van der Waals surface area contributed by atoms with Crippen molar-refractivity contribution in [3.8, 4) is 17.3 Å². The fourth-order valence-corrected chi connectivity index (χ4v) is 3.06. The Kier molecular flexibility index (Phi) is 3.53. The van der Waals surface area contributed by atoms with Gasteiger partial charge in [0.1, 0.15) is 13.2 Å². The van der Waals surface area contributed by atoms with Gasteiger partial charge in [-0.3, -0.25) is 0 Å². The van der Waals surface area contributed by atoms with E-state index in [1.807, 2.05) is 48.5 Å². The van der Waals surface area contributed by atoms with E-state index in [9.17, 15) is 0 Å². The van der Waals surface area contributed by atoms with E-state index in [1.54, 1.807) is 6.20 Å². The van der Waals surface area contributed by atoms with E-state index >= 15 is 0 Å². The van der Waals surface area contributed by atoms with Gasteiger partial charge in [0.15, 0.2) is 17.3 Å². The minimum Gasteiger partial charge on any atom is -0.486 e. The van der Waals surface area contributed by atoms with Gasteiger partial charge >= 0.3 is 0 Å². The summed E-state index contributed by atoms with van der Waals surface area (Å²) in [6.45, 7) is 1.09. The molecule has 3 heterocycles. The normalized spacial score (nSPS) is 12.9. The van der Waals surface area contributed by atoms with Gasteiger partial charge in [0.2, 0.25) is 11.9 Å². The number of rotatable bonds is 3. The highest BCUT2D eigenvalue weighted by Crippen LogP contribution is 2.33. The maximum absolute atomic E-state index is 6.09. The minimum atomic E-state index is 0.249. The fourth-order valence-electron chi connectivity index (χ4n) is 3.06. The molecule has 0 amide bonds. The third-order valence-corrected chi connectivity index (χ3v) is 4.28. The number of pyridine rings is 1. The van der Waals surface area contributed by atoms with Gasteiger partial charge < -0.3 is 20.5 Å². The first-order valence-electron chi connectivity index (χ1n) is 8.51. The van der Waals surface area contributed by atoms with E-state index in [0.717, 1.165) is 22.2 Å². The molecular weight excluding hydrogens is 344 g/mol. The van der Waals surface area contributed by atoms with Crippen LogP contribution in [0.25, 0.3) is 16.6 Å². The highest BCUT2D eigenvalue weighted by Gasteiger charge is 2.15. The predicted octanol–water partition coefficient (Wildman–Crippen LogP) is 2.91. The lowest BCUT2D eigenvalue weighted by Gasteiger charge is -2.18. The molecule has 0 saturated heterocycles. The second kappa shape index (κ2) is 6.17.